The van der Waals surface area contributed by atoms with Crippen molar-refractivity contribution in [2.24, 2.45) is 0 Å². The Labute approximate surface area is 76.8 Å². The minimum absolute atomic E-state index is 0.221. The minimum Gasteiger partial charge on any atom is -0.382 e. The van der Waals surface area contributed by atoms with Crippen LogP contribution in [0.1, 0.15) is 13.8 Å². The largest absolute Gasteiger partial charge is 0.382 e. The molecule has 13 heavy (non-hydrogen) atoms. The van der Waals surface area contributed by atoms with E-state index in [0.717, 1.165) is 5.69 Å². The van der Waals surface area contributed by atoms with Gasteiger partial charge in [-0.15, -0.1) is 0 Å². The fourth-order valence-corrected chi connectivity index (χ4v) is 0.880. The van der Waals surface area contributed by atoms with Gasteiger partial charge in [0.1, 0.15) is 11.5 Å². The van der Waals surface area contributed by atoms with E-state index in [1.54, 1.807) is 12.1 Å². The van der Waals surface area contributed by atoms with Gasteiger partial charge in [0.15, 0.2) is 0 Å². The maximum atomic E-state index is 13.0. The summed E-state index contributed by atoms with van der Waals surface area (Å²) in [5.41, 5.74) is -0.527. The number of anilines is 1. The van der Waals surface area contributed by atoms with Crippen LogP contribution in [0, 0.1) is 5.82 Å². The van der Waals surface area contributed by atoms with E-state index in [0.29, 0.717) is 0 Å². The van der Waals surface area contributed by atoms with Crippen LogP contribution in [0.5, 0.6) is 0 Å². The minimum atomic E-state index is -1.26. The van der Waals surface area contributed by atoms with Crippen molar-refractivity contribution < 1.29 is 8.78 Å². The molecular formula is C10H13F2N. The Morgan fingerprint density at radius 2 is 1.77 bits per heavy atom. The van der Waals surface area contributed by atoms with E-state index in [2.05, 4.69) is 5.32 Å². The summed E-state index contributed by atoms with van der Waals surface area (Å²) in [4.78, 5) is 0. The number of alkyl halides is 1. The molecule has 0 aliphatic heterocycles. The number of hydrogen-bond acceptors (Lipinski definition) is 1. The molecular weight excluding hydrogens is 172 g/mol. The molecule has 3 heteroatoms. The van der Waals surface area contributed by atoms with Gasteiger partial charge in [0.05, 0.1) is 0 Å². The average molecular weight is 185 g/mol. The first kappa shape index (κ1) is 9.96. The monoisotopic (exact) mass is 185 g/mol. The fourth-order valence-electron chi connectivity index (χ4n) is 0.880. The van der Waals surface area contributed by atoms with Gasteiger partial charge in [-0.25, -0.2) is 8.78 Å². The summed E-state index contributed by atoms with van der Waals surface area (Å²) >= 11 is 0. The summed E-state index contributed by atoms with van der Waals surface area (Å²) in [7, 11) is 0. The highest BCUT2D eigenvalue weighted by atomic mass is 19.1. The molecule has 0 aliphatic carbocycles. The van der Waals surface area contributed by atoms with Crippen molar-refractivity contribution in [2.45, 2.75) is 19.5 Å². The summed E-state index contributed by atoms with van der Waals surface area (Å²) in [6, 6.07) is 5.85. The first-order valence-electron chi connectivity index (χ1n) is 4.16. The predicted molar refractivity (Wildman–Crippen MR) is 50.1 cm³/mol. The van der Waals surface area contributed by atoms with Gasteiger partial charge in [-0.2, -0.15) is 0 Å². The lowest BCUT2D eigenvalue weighted by Crippen LogP contribution is -2.24. The van der Waals surface area contributed by atoms with Gasteiger partial charge in [-0.1, -0.05) is 0 Å². The molecule has 1 nitrogen and oxygen atoms in total. The molecule has 0 unspecified atom stereocenters. The number of halogens is 2. The smallest absolute Gasteiger partial charge is 0.123 e. The van der Waals surface area contributed by atoms with Crippen LogP contribution in [-0.4, -0.2) is 12.2 Å². The van der Waals surface area contributed by atoms with Crippen LogP contribution in [0.15, 0.2) is 24.3 Å². The Morgan fingerprint density at radius 3 is 2.23 bits per heavy atom. The first-order chi connectivity index (χ1) is 5.97. The molecule has 1 N–H and O–H groups in total. The van der Waals surface area contributed by atoms with E-state index in [1.807, 2.05) is 0 Å². The Morgan fingerprint density at radius 1 is 1.23 bits per heavy atom. The van der Waals surface area contributed by atoms with Crippen LogP contribution in [0.4, 0.5) is 14.5 Å². The van der Waals surface area contributed by atoms with Gasteiger partial charge in [0.2, 0.25) is 0 Å². The van der Waals surface area contributed by atoms with E-state index >= 15 is 0 Å². The third-order valence-electron chi connectivity index (χ3n) is 1.56. The van der Waals surface area contributed by atoms with Crippen molar-refractivity contribution >= 4 is 5.69 Å². The van der Waals surface area contributed by atoms with E-state index in [1.165, 1.54) is 26.0 Å². The molecule has 0 saturated heterocycles. The van der Waals surface area contributed by atoms with Gasteiger partial charge in [0, 0.05) is 12.2 Å². The zero-order valence-electron chi connectivity index (χ0n) is 7.77. The first-order valence-corrected chi connectivity index (χ1v) is 4.16. The molecule has 0 saturated carbocycles. The molecule has 0 heterocycles. The van der Waals surface area contributed by atoms with Crippen LogP contribution in [-0.2, 0) is 0 Å². The summed E-state index contributed by atoms with van der Waals surface area (Å²) in [5.74, 6) is -0.287. The molecule has 0 bridgehead atoms. The molecule has 0 aromatic heterocycles. The highest BCUT2D eigenvalue weighted by Gasteiger charge is 2.14. The topological polar surface area (TPSA) is 12.0 Å². The number of hydrogen-bond donors (Lipinski definition) is 1. The molecule has 0 amide bonds. The maximum Gasteiger partial charge on any atom is 0.123 e. The van der Waals surface area contributed by atoms with Crippen LogP contribution < -0.4 is 5.32 Å². The van der Waals surface area contributed by atoms with Crippen LogP contribution in [0.2, 0.25) is 0 Å². The Kier molecular flexibility index (Phi) is 2.86. The second-order valence-electron chi connectivity index (χ2n) is 3.58. The van der Waals surface area contributed by atoms with Crippen LogP contribution in [0.3, 0.4) is 0 Å². The molecule has 1 aromatic rings. The normalized spacial score (nSPS) is 11.4. The van der Waals surface area contributed by atoms with Crippen molar-refractivity contribution in [1.29, 1.82) is 0 Å². The van der Waals surface area contributed by atoms with Crippen LogP contribution >= 0.6 is 0 Å². The molecule has 1 aromatic carbocycles. The predicted octanol–water partition coefficient (Wildman–Crippen LogP) is 2.99. The van der Waals surface area contributed by atoms with Crippen molar-refractivity contribution in [3.63, 3.8) is 0 Å². The SMILES string of the molecule is CC(C)(F)CNc1ccc(F)cc1. The third kappa shape index (κ3) is 3.87. The zero-order valence-corrected chi connectivity index (χ0v) is 7.77. The van der Waals surface area contributed by atoms with Gasteiger partial charge in [-0.3, -0.25) is 0 Å². The van der Waals surface area contributed by atoms with Crippen molar-refractivity contribution in [3.8, 4) is 0 Å². The summed E-state index contributed by atoms with van der Waals surface area (Å²) < 4.78 is 25.5. The molecule has 0 spiro atoms. The Balaban J connectivity index is 2.51. The Bertz CT molecular complexity index is 261. The highest BCUT2D eigenvalue weighted by Crippen LogP contribution is 2.12. The second kappa shape index (κ2) is 3.73. The van der Waals surface area contributed by atoms with E-state index in [4.69, 9.17) is 0 Å². The van der Waals surface area contributed by atoms with Gasteiger partial charge in [0.25, 0.3) is 0 Å². The number of nitrogens with one attached hydrogen (secondary N) is 1. The molecule has 1 rings (SSSR count). The molecule has 72 valence electrons. The quantitative estimate of drug-likeness (QED) is 0.763. The lowest BCUT2D eigenvalue weighted by atomic mass is 10.1. The molecule has 0 radical (unpaired) electrons. The molecule has 0 atom stereocenters. The van der Waals surface area contributed by atoms with Gasteiger partial charge >= 0.3 is 0 Å². The van der Waals surface area contributed by atoms with Gasteiger partial charge in [-0.05, 0) is 38.1 Å². The molecule has 0 aliphatic rings. The average Bonchev–Trinajstić information content (AvgIpc) is 2.02. The number of rotatable bonds is 3. The summed E-state index contributed by atoms with van der Waals surface area (Å²) in [6.07, 6.45) is 0. The zero-order chi connectivity index (χ0) is 9.90. The van der Waals surface area contributed by atoms with Crippen molar-refractivity contribution in [3.05, 3.63) is 30.1 Å². The van der Waals surface area contributed by atoms with Crippen molar-refractivity contribution in [1.82, 2.24) is 0 Å². The third-order valence-corrected chi connectivity index (χ3v) is 1.56. The maximum absolute atomic E-state index is 13.0. The van der Waals surface area contributed by atoms with E-state index < -0.39 is 5.67 Å². The fraction of sp³-hybridized carbons (Fsp3) is 0.400. The summed E-state index contributed by atoms with van der Waals surface area (Å²) in [6.45, 7) is 3.20. The van der Waals surface area contributed by atoms with Crippen molar-refractivity contribution in [2.75, 3.05) is 11.9 Å². The van der Waals surface area contributed by atoms with E-state index in [9.17, 15) is 8.78 Å². The lowest BCUT2D eigenvalue weighted by molar-refractivity contribution is 0.235. The molecule has 0 fully saturated rings. The number of benzene rings is 1. The highest BCUT2D eigenvalue weighted by molar-refractivity contribution is 5.43. The summed E-state index contributed by atoms with van der Waals surface area (Å²) in [5, 5.41) is 2.87. The van der Waals surface area contributed by atoms with Crippen LogP contribution in [0.25, 0.3) is 0 Å². The Hall–Kier alpha value is -1.12. The van der Waals surface area contributed by atoms with E-state index in [-0.39, 0.29) is 12.4 Å². The lowest BCUT2D eigenvalue weighted by Gasteiger charge is -2.15. The second-order valence-corrected chi connectivity index (χ2v) is 3.58. The van der Waals surface area contributed by atoms with Gasteiger partial charge < -0.3 is 5.32 Å². The standard InChI is InChI=1S/C10H13F2N/c1-10(2,12)7-13-9-5-3-8(11)4-6-9/h3-6,13H,7H2,1-2H3.